The first-order chi connectivity index (χ1) is 14.6. The van der Waals surface area contributed by atoms with Crippen molar-refractivity contribution in [3.05, 3.63) is 84.4 Å². The Balaban J connectivity index is 1.62. The summed E-state index contributed by atoms with van der Waals surface area (Å²) >= 11 is 0. The first-order valence-corrected chi connectivity index (χ1v) is 9.36. The van der Waals surface area contributed by atoms with E-state index in [2.05, 4.69) is 20.5 Å². The minimum atomic E-state index is -0.897. The Labute approximate surface area is 172 Å². The molecule has 0 atom stereocenters. The van der Waals surface area contributed by atoms with Gasteiger partial charge < -0.3 is 5.11 Å². The number of aliphatic carboxylic acids is 1. The molecular weight excluding hydrogens is 382 g/mol. The first kappa shape index (κ1) is 19.1. The first-order valence-electron chi connectivity index (χ1n) is 9.36. The predicted molar refractivity (Wildman–Crippen MR) is 111 cm³/mol. The molecule has 2 aromatic carbocycles. The van der Waals surface area contributed by atoms with Gasteiger partial charge >= 0.3 is 5.97 Å². The highest BCUT2D eigenvalue weighted by atomic mass is 16.4. The Morgan fingerprint density at radius 1 is 1.07 bits per heavy atom. The third kappa shape index (κ3) is 4.27. The number of benzene rings is 2. The number of carboxylic acid groups (broad SMARTS) is 1. The van der Waals surface area contributed by atoms with E-state index in [4.69, 9.17) is 5.11 Å². The lowest BCUT2D eigenvalue weighted by Crippen LogP contribution is -2.15. The van der Waals surface area contributed by atoms with Gasteiger partial charge in [-0.3, -0.25) is 24.6 Å². The number of aromatic amines is 1. The van der Waals surface area contributed by atoms with Gasteiger partial charge in [0.05, 0.1) is 18.3 Å². The average molecular weight is 401 g/mol. The largest absolute Gasteiger partial charge is 0.481 e. The molecule has 3 N–H and O–H groups in total. The van der Waals surface area contributed by atoms with Crippen LogP contribution in [0.5, 0.6) is 0 Å². The summed E-state index contributed by atoms with van der Waals surface area (Å²) < 4.78 is 1.75. The summed E-state index contributed by atoms with van der Waals surface area (Å²) in [5, 5.41) is 18.5. The summed E-state index contributed by atoms with van der Waals surface area (Å²) in [7, 11) is 0. The van der Waals surface area contributed by atoms with Crippen molar-refractivity contribution in [2.75, 3.05) is 5.32 Å². The molecule has 0 saturated carbocycles. The van der Waals surface area contributed by atoms with Crippen molar-refractivity contribution in [2.45, 2.75) is 12.8 Å². The number of imidazole rings is 1. The minimum Gasteiger partial charge on any atom is -0.481 e. The summed E-state index contributed by atoms with van der Waals surface area (Å²) in [5.74, 6) is -0.876. The van der Waals surface area contributed by atoms with Gasteiger partial charge in [0.25, 0.3) is 5.91 Å². The van der Waals surface area contributed by atoms with Gasteiger partial charge in [0.2, 0.25) is 5.95 Å². The second-order valence-corrected chi connectivity index (χ2v) is 6.68. The Kier molecular flexibility index (Phi) is 5.38. The second kappa shape index (κ2) is 8.44. The van der Waals surface area contributed by atoms with Gasteiger partial charge in [0, 0.05) is 35.6 Å². The number of carboxylic acids is 1. The number of para-hydroxylation sites is 1. The van der Waals surface area contributed by atoms with Crippen LogP contribution < -0.4 is 5.32 Å². The molecule has 0 aliphatic heterocycles. The third-order valence-electron chi connectivity index (χ3n) is 4.57. The number of anilines is 1. The molecule has 0 bridgehead atoms. The van der Waals surface area contributed by atoms with Crippen molar-refractivity contribution >= 4 is 17.8 Å². The van der Waals surface area contributed by atoms with E-state index in [0.29, 0.717) is 17.2 Å². The van der Waals surface area contributed by atoms with Crippen molar-refractivity contribution < 1.29 is 14.7 Å². The van der Waals surface area contributed by atoms with Gasteiger partial charge in [0.15, 0.2) is 0 Å². The number of hydrogen-bond donors (Lipinski definition) is 3. The molecule has 0 unspecified atom stereocenters. The summed E-state index contributed by atoms with van der Waals surface area (Å²) in [5.41, 5.74) is 3.62. The number of hydrogen-bond acceptors (Lipinski definition) is 4. The number of amides is 1. The van der Waals surface area contributed by atoms with Crippen LogP contribution in [0.2, 0.25) is 0 Å². The van der Waals surface area contributed by atoms with E-state index in [1.54, 1.807) is 41.4 Å². The number of aromatic nitrogens is 4. The van der Waals surface area contributed by atoms with E-state index in [1.807, 2.05) is 36.4 Å². The Morgan fingerprint density at radius 3 is 2.63 bits per heavy atom. The van der Waals surface area contributed by atoms with E-state index in [0.717, 1.165) is 16.8 Å². The molecule has 4 rings (SSSR count). The summed E-state index contributed by atoms with van der Waals surface area (Å²) in [4.78, 5) is 28.3. The summed E-state index contributed by atoms with van der Waals surface area (Å²) in [6.45, 7) is 0. The Morgan fingerprint density at radius 2 is 1.90 bits per heavy atom. The highest BCUT2D eigenvalue weighted by Gasteiger charge is 2.15. The second-order valence-electron chi connectivity index (χ2n) is 6.68. The average Bonchev–Trinajstić information content (AvgIpc) is 3.43. The van der Waals surface area contributed by atoms with Crippen LogP contribution in [-0.4, -0.2) is 36.7 Å². The van der Waals surface area contributed by atoms with Crippen LogP contribution in [0.15, 0.2) is 73.2 Å². The van der Waals surface area contributed by atoms with Gasteiger partial charge in [-0.15, -0.1) is 0 Å². The SMILES string of the molecule is O=C(O)CCc1cn(-c2ccccc2)c(NC(=O)c2cccc(-c3cn[nH]c3)c2)n1. The molecule has 0 aliphatic carbocycles. The van der Waals surface area contributed by atoms with E-state index in [9.17, 15) is 9.59 Å². The molecule has 8 nitrogen and oxygen atoms in total. The van der Waals surface area contributed by atoms with Crippen molar-refractivity contribution in [1.82, 2.24) is 19.7 Å². The van der Waals surface area contributed by atoms with Gasteiger partial charge in [0.1, 0.15) is 0 Å². The zero-order valence-electron chi connectivity index (χ0n) is 15.9. The summed E-state index contributed by atoms with van der Waals surface area (Å²) in [6.07, 6.45) is 5.43. The highest BCUT2D eigenvalue weighted by Crippen LogP contribution is 2.21. The molecule has 30 heavy (non-hydrogen) atoms. The molecule has 2 heterocycles. The van der Waals surface area contributed by atoms with Gasteiger partial charge in [-0.25, -0.2) is 4.98 Å². The summed E-state index contributed by atoms with van der Waals surface area (Å²) in [6, 6.07) is 16.6. The van der Waals surface area contributed by atoms with Crippen LogP contribution in [0.3, 0.4) is 0 Å². The standard InChI is InChI=1S/C22H19N5O3/c28-20(29)10-9-18-14-27(19-7-2-1-3-8-19)22(25-18)26-21(30)16-6-4-5-15(11-16)17-12-23-24-13-17/h1-8,11-14H,9-10H2,(H,23,24)(H,28,29)(H,25,26,30). The third-order valence-corrected chi connectivity index (χ3v) is 4.57. The number of rotatable bonds is 7. The molecule has 0 aliphatic rings. The van der Waals surface area contributed by atoms with Crippen molar-refractivity contribution in [1.29, 1.82) is 0 Å². The molecule has 0 radical (unpaired) electrons. The molecule has 0 spiro atoms. The zero-order valence-corrected chi connectivity index (χ0v) is 15.9. The minimum absolute atomic E-state index is 0.0358. The van der Waals surface area contributed by atoms with E-state index < -0.39 is 5.97 Å². The number of carbonyl (C=O) groups is 2. The van der Waals surface area contributed by atoms with Crippen LogP contribution in [-0.2, 0) is 11.2 Å². The number of aryl methyl sites for hydroxylation is 1. The van der Waals surface area contributed by atoms with E-state index >= 15 is 0 Å². The smallest absolute Gasteiger partial charge is 0.303 e. The quantitative estimate of drug-likeness (QED) is 0.438. The molecule has 8 heteroatoms. The number of carbonyl (C=O) groups excluding carboxylic acids is 1. The number of nitrogens with one attached hydrogen (secondary N) is 2. The molecule has 4 aromatic rings. The van der Waals surface area contributed by atoms with Gasteiger partial charge in [-0.05, 0) is 29.8 Å². The van der Waals surface area contributed by atoms with E-state index in [-0.39, 0.29) is 18.7 Å². The number of H-pyrrole nitrogens is 1. The molecule has 2 aromatic heterocycles. The molecule has 0 saturated heterocycles. The van der Waals surface area contributed by atoms with Crippen molar-refractivity contribution in [3.63, 3.8) is 0 Å². The maximum absolute atomic E-state index is 12.9. The maximum Gasteiger partial charge on any atom is 0.303 e. The van der Waals surface area contributed by atoms with Crippen LogP contribution in [0.25, 0.3) is 16.8 Å². The fourth-order valence-corrected chi connectivity index (χ4v) is 3.08. The molecular formula is C22H19N5O3. The Bertz CT molecular complexity index is 1170. The monoisotopic (exact) mass is 401 g/mol. The lowest BCUT2D eigenvalue weighted by Gasteiger charge is -2.09. The Hall–Kier alpha value is -4.20. The topological polar surface area (TPSA) is 113 Å². The molecule has 1 amide bonds. The lowest BCUT2D eigenvalue weighted by molar-refractivity contribution is -0.136. The fraction of sp³-hybridized carbons (Fsp3) is 0.0909. The maximum atomic E-state index is 12.9. The van der Waals surface area contributed by atoms with Crippen molar-refractivity contribution in [3.8, 4) is 16.8 Å². The fourth-order valence-electron chi connectivity index (χ4n) is 3.08. The molecule has 150 valence electrons. The van der Waals surface area contributed by atoms with Crippen LogP contribution in [0, 0.1) is 0 Å². The lowest BCUT2D eigenvalue weighted by atomic mass is 10.1. The van der Waals surface area contributed by atoms with Gasteiger partial charge in [-0.1, -0.05) is 30.3 Å². The van der Waals surface area contributed by atoms with Crippen LogP contribution in [0.4, 0.5) is 5.95 Å². The molecule has 0 fully saturated rings. The van der Waals surface area contributed by atoms with Crippen molar-refractivity contribution in [2.24, 2.45) is 0 Å². The predicted octanol–water partition coefficient (Wildman–Crippen LogP) is 3.53. The van der Waals surface area contributed by atoms with Crippen LogP contribution in [0.1, 0.15) is 22.5 Å². The normalized spacial score (nSPS) is 10.7. The van der Waals surface area contributed by atoms with Gasteiger partial charge in [-0.2, -0.15) is 5.10 Å². The van der Waals surface area contributed by atoms with E-state index in [1.165, 1.54) is 0 Å². The highest BCUT2D eigenvalue weighted by molar-refractivity contribution is 6.04. The number of nitrogens with zero attached hydrogens (tertiary/aromatic N) is 3. The van der Waals surface area contributed by atoms with Crippen LogP contribution >= 0.6 is 0 Å². The zero-order chi connectivity index (χ0) is 20.9.